The molecule has 3 N–H and O–H groups in total. The van der Waals surface area contributed by atoms with Gasteiger partial charge in [-0.3, -0.25) is 14.5 Å². The number of piperidine rings is 1. The van der Waals surface area contributed by atoms with Gasteiger partial charge in [-0.2, -0.15) is 0 Å². The number of nitrogens with one attached hydrogen (secondary N) is 2. The number of nitrogens with zero attached hydrogens (tertiary/aromatic N) is 1. The first-order valence-electron chi connectivity index (χ1n) is 15.6. The zero-order valence-electron chi connectivity index (χ0n) is 26.0. The first kappa shape index (κ1) is 33.1. The second kappa shape index (κ2) is 15.1. The van der Waals surface area contributed by atoms with Crippen molar-refractivity contribution in [2.24, 2.45) is 23.7 Å². The fraction of sp³-hybridized carbons (Fsp3) is 0.727. The van der Waals surface area contributed by atoms with E-state index in [0.717, 1.165) is 31.4 Å². The third-order valence-electron chi connectivity index (χ3n) is 8.97. The predicted octanol–water partition coefficient (Wildman–Crippen LogP) is 4.10. The normalized spacial score (nSPS) is 24.3. The molecule has 1 aromatic rings. The highest BCUT2D eigenvalue weighted by Crippen LogP contribution is 2.39. The summed E-state index contributed by atoms with van der Waals surface area (Å²) < 4.78 is 4.98. The molecule has 1 aromatic carbocycles. The Kier molecular flexibility index (Phi) is 12.2. The highest BCUT2D eigenvalue weighted by molar-refractivity contribution is 5.86. The maximum Gasteiger partial charge on any atom is 0.328 e. The van der Waals surface area contributed by atoms with Crippen LogP contribution in [0.15, 0.2) is 30.3 Å². The number of fused-ring (bicyclic) bond motifs is 1. The number of β-amino-alcohol motifs (C(OH)–C–C–N with tert-alkyl or cyclic N) is 1. The third-order valence-corrected chi connectivity index (χ3v) is 8.97. The molecule has 0 spiro atoms. The molecule has 0 bridgehead atoms. The number of aliphatic hydroxyl groups is 1. The second-order valence-corrected chi connectivity index (χ2v) is 13.4. The Morgan fingerprint density at radius 1 is 1.10 bits per heavy atom. The SMILES string of the molecule is CC[C@H](C)[C@H](NC(=O)[C@H](Cc1ccccc1)CC(O)CN1C[C@H]2CCCC[C@H]2C[C@H]1C(=O)NC(C)(C)C)C(=O)OC. The van der Waals surface area contributed by atoms with Gasteiger partial charge in [0, 0.05) is 24.5 Å². The molecule has 1 saturated carbocycles. The Labute approximate surface area is 247 Å². The number of ether oxygens (including phenoxy) is 1. The highest BCUT2D eigenvalue weighted by Gasteiger charge is 2.41. The molecule has 1 aliphatic carbocycles. The van der Waals surface area contributed by atoms with Gasteiger partial charge in [0.25, 0.3) is 0 Å². The zero-order chi connectivity index (χ0) is 30.2. The maximum absolute atomic E-state index is 13.6. The molecule has 1 unspecified atom stereocenters. The summed E-state index contributed by atoms with van der Waals surface area (Å²) >= 11 is 0. The van der Waals surface area contributed by atoms with Crippen molar-refractivity contribution >= 4 is 17.8 Å². The minimum Gasteiger partial charge on any atom is -0.467 e. The number of amides is 2. The van der Waals surface area contributed by atoms with Crippen LogP contribution in [0.1, 0.15) is 85.1 Å². The van der Waals surface area contributed by atoms with Crippen LogP contribution in [0.3, 0.4) is 0 Å². The number of hydrogen-bond donors (Lipinski definition) is 3. The van der Waals surface area contributed by atoms with E-state index in [-0.39, 0.29) is 35.7 Å². The minimum absolute atomic E-state index is 0.0155. The summed E-state index contributed by atoms with van der Waals surface area (Å²) in [7, 11) is 1.33. The predicted molar refractivity (Wildman–Crippen MR) is 161 cm³/mol. The van der Waals surface area contributed by atoms with Crippen molar-refractivity contribution in [1.82, 2.24) is 15.5 Å². The molecule has 41 heavy (non-hydrogen) atoms. The summed E-state index contributed by atoms with van der Waals surface area (Å²) in [5, 5.41) is 17.5. The largest absolute Gasteiger partial charge is 0.467 e. The van der Waals surface area contributed by atoms with Crippen molar-refractivity contribution in [3.63, 3.8) is 0 Å². The van der Waals surface area contributed by atoms with E-state index >= 15 is 0 Å². The van der Waals surface area contributed by atoms with Gasteiger partial charge in [0.1, 0.15) is 6.04 Å². The van der Waals surface area contributed by atoms with Crippen LogP contribution in [-0.4, -0.2) is 71.7 Å². The van der Waals surface area contributed by atoms with Crippen molar-refractivity contribution in [2.45, 2.75) is 110 Å². The van der Waals surface area contributed by atoms with Gasteiger partial charge in [0.05, 0.1) is 19.3 Å². The number of carbonyl (C=O) groups excluding carboxylic acids is 3. The molecule has 0 radical (unpaired) electrons. The van der Waals surface area contributed by atoms with Crippen LogP contribution < -0.4 is 10.6 Å². The lowest BCUT2D eigenvalue weighted by molar-refractivity contribution is -0.147. The van der Waals surface area contributed by atoms with Crippen LogP contribution in [0.25, 0.3) is 0 Å². The summed E-state index contributed by atoms with van der Waals surface area (Å²) in [6, 6.07) is 8.71. The van der Waals surface area contributed by atoms with Gasteiger partial charge >= 0.3 is 5.97 Å². The molecule has 7 atom stereocenters. The molecule has 2 aliphatic rings. The quantitative estimate of drug-likeness (QED) is 0.326. The average Bonchev–Trinajstić information content (AvgIpc) is 2.93. The number of esters is 1. The smallest absolute Gasteiger partial charge is 0.328 e. The van der Waals surface area contributed by atoms with Crippen molar-refractivity contribution in [3.8, 4) is 0 Å². The second-order valence-electron chi connectivity index (χ2n) is 13.4. The monoisotopic (exact) mass is 571 g/mol. The van der Waals surface area contributed by atoms with E-state index in [0.29, 0.717) is 31.2 Å². The van der Waals surface area contributed by atoms with E-state index in [1.165, 1.54) is 20.0 Å². The van der Waals surface area contributed by atoms with Crippen molar-refractivity contribution < 1.29 is 24.2 Å². The number of rotatable bonds is 12. The first-order valence-corrected chi connectivity index (χ1v) is 15.6. The van der Waals surface area contributed by atoms with E-state index < -0.39 is 24.0 Å². The third kappa shape index (κ3) is 9.81. The molecule has 2 amide bonds. The lowest BCUT2D eigenvalue weighted by Gasteiger charge is -2.46. The lowest BCUT2D eigenvalue weighted by Crippen LogP contribution is -2.58. The summed E-state index contributed by atoms with van der Waals surface area (Å²) in [6.45, 7) is 11.0. The molecular weight excluding hydrogens is 518 g/mol. The Hall–Kier alpha value is -2.45. The summed E-state index contributed by atoms with van der Waals surface area (Å²) in [4.78, 5) is 41.7. The van der Waals surface area contributed by atoms with E-state index in [2.05, 4.69) is 15.5 Å². The average molecular weight is 572 g/mol. The number of carbonyl (C=O) groups is 3. The molecule has 8 heteroatoms. The zero-order valence-corrected chi connectivity index (χ0v) is 26.0. The van der Waals surface area contributed by atoms with E-state index in [1.807, 2.05) is 65.0 Å². The number of likely N-dealkylation sites (tertiary alicyclic amines) is 1. The fourth-order valence-electron chi connectivity index (χ4n) is 6.55. The maximum atomic E-state index is 13.6. The Balaban J connectivity index is 1.77. The molecule has 230 valence electrons. The van der Waals surface area contributed by atoms with Crippen LogP contribution in [0.2, 0.25) is 0 Å². The van der Waals surface area contributed by atoms with Gasteiger partial charge in [-0.05, 0) is 69.8 Å². The van der Waals surface area contributed by atoms with Gasteiger partial charge in [0.15, 0.2) is 0 Å². The summed E-state index contributed by atoms with van der Waals surface area (Å²) in [5.74, 6) is -0.270. The molecule has 3 rings (SSSR count). The number of methoxy groups -OCH3 is 1. The molecule has 0 aromatic heterocycles. The van der Waals surface area contributed by atoms with Gasteiger partial charge in [0.2, 0.25) is 11.8 Å². The van der Waals surface area contributed by atoms with Crippen molar-refractivity contribution in [2.75, 3.05) is 20.2 Å². The van der Waals surface area contributed by atoms with E-state index in [9.17, 15) is 19.5 Å². The van der Waals surface area contributed by atoms with E-state index in [4.69, 9.17) is 4.74 Å². The van der Waals surface area contributed by atoms with Gasteiger partial charge < -0.3 is 20.5 Å². The Morgan fingerprint density at radius 2 is 1.76 bits per heavy atom. The van der Waals surface area contributed by atoms with Gasteiger partial charge in [-0.25, -0.2) is 4.79 Å². The highest BCUT2D eigenvalue weighted by atomic mass is 16.5. The summed E-state index contributed by atoms with van der Waals surface area (Å²) in [6.07, 6.45) is 6.14. The Morgan fingerprint density at radius 3 is 2.37 bits per heavy atom. The van der Waals surface area contributed by atoms with Gasteiger partial charge in [-0.15, -0.1) is 0 Å². The van der Waals surface area contributed by atoms with Crippen LogP contribution in [0.4, 0.5) is 0 Å². The molecular formula is C33H53N3O5. The Bertz CT molecular complexity index is 994. The molecule has 1 heterocycles. The fourth-order valence-corrected chi connectivity index (χ4v) is 6.55. The molecule has 2 fully saturated rings. The lowest BCUT2D eigenvalue weighted by atomic mass is 9.72. The molecule has 8 nitrogen and oxygen atoms in total. The number of benzene rings is 1. The van der Waals surface area contributed by atoms with Gasteiger partial charge in [-0.1, -0.05) is 69.9 Å². The van der Waals surface area contributed by atoms with Crippen molar-refractivity contribution in [3.05, 3.63) is 35.9 Å². The molecule has 1 aliphatic heterocycles. The van der Waals surface area contributed by atoms with E-state index in [1.54, 1.807) is 0 Å². The van der Waals surface area contributed by atoms with Crippen LogP contribution >= 0.6 is 0 Å². The standard InChI is InChI=1S/C33H53N3O5/c1-7-22(2)29(32(40)41-6)34-30(38)26(17-23-13-9-8-10-14-23)18-27(37)21-36-20-25-16-12-11-15-24(25)19-28(36)31(39)35-33(3,4)5/h8-10,13-14,22,24-29,37H,7,11-12,15-21H2,1-6H3,(H,34,38)(H,35,39)/t22-,24-,25+,26+,27?,28-,29-/m0/s1. The topological polar surface area (TPSA) is 108 Å². The number of hydrogen-bond acceptors (Lipinski definition) is 6. The number of aliphatic hydroxyl groups excluding tert-OH is 1. The molecule has 1 saturated heterocycles. The van der Waals surface area contributed by atoms with Crippen LogP contribution in [0, 0.1) is 23.7 Å². The first-order chi connectivity index (χ1) is 19.4. The van der Waals surface area contributed by atoms with Crippen LogP contribution in [0.5, 0.6) is 0 Å². The minimum atomic E-state index is -0.806. The van der Waals surface area contributed by atoms with Crippen molar-refractivity contribution in [1.29, 1.82) is 0 Å². The van der Waals surface area contributed by atoms with Crippen LogP contribution in [-0.2, 0) is 25.5 Å². The summed E-state index contributed by atoms with van der Waals surface area (Å²) in [5.41, 5.74) is 0.651.